The van der Waals surface area contributed by atoms with Crippen LogP contribution >= 0.6 is 0 Å². The largest absolute Gasteiger partial charge is 0.497 e. The van der Waals surface area contributed by atoms with Crippen molar-refractivity contribution in [2.24, 2.45) is 0 Å². The van der Waals surface area contributed by atoms with Gasteiger partial charge in [-0.15, -0.1) is 0 Å². The van der Waals surface area contributed by atoms with Gasteiger partial charge in [0.2, 0.25) is 0 Å². The first-order chi connectivity index (χ1) is 16.1. The minimum atomic E-state index is -0.692. The number of fused-ring (bicyclic) bond motifs is 1. The Labute approximate surface area is 193 Å². The number of nitrogens with zero attached hydrogens (tertiary/aromatic N) is 1. The summed E-state index contributed by atoms with van der Waals surface area (Å²) >= 11 is 0. The molecule has 33 heavy (non-hydrogen) atoms. The highest BCUT2D eigenvalue weighted by Gasteiger charge is 2.47. The summed E-state index contributed by atoms with van der Waals surface area (Å²) in [7, 11) is 1.57. The van der Waals surface area contributed by atoms with E-state index >= 15 is 0 Å². The Balaban J connectivity index is 1.42. The van der Waals surface area contributed by atoms with Crippen molar-refractivity contribution in [3.05, 3.63) is 95.6 Å². The summed E-state index contributed by atoms with van der Waals surface area (Å²) in [5.74, 6) is 1.15. The number of benzene rings is 3. The van der Waals surface area contributed by atoms with Gasteiger partial charge in [-0.1, -0.05) is 60.7 Å². The number of amides is 1. The Hall–Kier alpha value is -3.86. The molecule has 0 bridgehead atoms. The molecule has 2 aliphatic heterocycles. The SMILES string of the molecule is COc1ccc2c(c1)C(=O)CC1(CCN(C(=O)/C(=C\c3ccccc3)c3ccccc3)C1)O2. The summed E-state index contributed by atoms with van der Waals surface area (Å²) in [4.78, 5) is 28.4. The van der Waals surface area contributed by atoms with Crippen LogP contribution in [0, 0.1) is 0 Å². The number of Topliss-reactive ketones (excluding diaryl/α,β-unsaturated/α-hetero) is 1. The van der Waals surface area contributed by atoms with Crippen LogP contribution in [0.3, 0.4) is 0 Å². The van der Waals surface area contributed by atoms with E-state index in [0.717, 1.165) is 11.1 Å². The molecule has 0 aromatic heterocycles. The lowest BCUT2D eigenvalue weighted by Crippen LogP contribution is -2.45. The zero-order chi connectivity index (χ0) is 22.8. The maximum Gasteiger partial charge on any atom is 0.254 e. The van der Waals surface area contributed by atoms with Crippen LogP contribution < -0.4 is 9.47 Å². The van der Waals surface area contributed by atoms with Crippen molar-refractivity contribution in [2.45, 2.75) is 18.4 Å². The second kappa shape index (κ2) is 8.58. The summed E-state index contributed by atoms with van der Waals surface area (Å²) in [6.07, 6.45) is 2.79. The number of ether oxygens (including phenoxy) is 2. The molecule has 0 aliphatic carbocycles. The van der Waals surface area contributed by atoms with E-state index in [4.69, 9.17) is 9.47 Å². The topological polar surface area (TPSA) is 55.8 Å². The number of methoxy groups -OCH3 is 1. The van der Waals surface area contributed by atoms with Gasteiger partial charge in [0, 0.05) is 18.5 Å². The number of likely N-dealkylation sites (tertiary alicyclic amines) is 1. The van der Waals surface area contributed by atoms with Crippen molar-refractivity contribution < 1.29 is 19.1 Å². The Bertz CT molecular complexity index is 1220. The van der Waals surface area contributed by atoms with E-state index in [9.17, 15) is 9.59 Å². The molecule has 0 N–H and O–H groups in total. The third kappa shape index (κ3) is 4.14. The van der Waals surface area contributed by atoms with Gasteiger partial charge in [0.25, 0.3) is 5.91 Å². The van der Waals surface area contributed by atoms with Crippen LogP contribution in [0.15, 0.2) is 78.9 Å². The molecule has 2 heterocycles. The van der Waals surface area contributed by atoms with Gasteiger partial charge >= 0.3 is 0 Å². The van der Waals surface area contributed by atoms with E-state index in [-0.39, 0.29) is 18.1 Å². The van der Waals surface area contributed by atoms with E-state index in [1.165, 1.54) is 0 Å². The van der Waals surface area contributed by atoms with Crippen LogP contribution in [0.1, 0.15) is 34.3 Å². The first-order valence-electron chi connectivity index (χ1n) is 11.1. The van der Waals surface area contributed by atoms with Crippen LogP contribution in [0.5, 0.6) is 11.5 Å². The normalized spacial score (nSPS) is 19.8. The Morgan fingerprint density at radius 2 is 1.76 bits per heavy atom. The summed E-state index contributed by atoms with van der Waals surface area (Å²) in [5.41, 5.74) is 2.31. The molecule has 1 unspecified atom stereocenters. The zero-order valence-electron chi connectivity index (χ0n) is 18.5. The molecule has 3 aromatic carbocycles. The molecule has 5 nitrogen and oxygen atoms in total. The van der Waals surface area contributed by atoms with Gasteiger partial charge in [0.1, 0.15) is 17.1 Å². The van der Waals surface area contributed by atoms with Crippen LogP contribution in [-0.4, -0.2) is 42.4 Å². The quantitative estimate of drug-likeness (QED) is 0.430. The van der Waals surface area contributed by atoms with Gasteiger partial charge in [0.05, 0.1) is 25.6 Å². The third-order valence-electron chi connectivity index (χ3n) is 6.33. The fourth-order valence-corrected chi connectivity index (χ4v) is 4.62. The molecule has 0 radical (unpaired) electrons. The highest BCUT2D eigenvalue weighted by molar-refractivity contribution is 6.24. The molecular weight excluding hydrogens is 414 g/mol. The number of carbonyl (C=O) groups excluding carboxylic acids is 2. The minimum absolute atomic E-state index is 0.0209. The van der Waals surface area contributed by atoms with Gasteiger partial charge in [0.15, 0.2) is 5.78 Å². The first kappa shape index (κ1) is 21.0. The van der Waals surface area contributed by atoms with Crippen molar-refractivity contribution in [2.75, 3.05) is 20.2 Å². The maximum absolute atomic E-state index is 13.7. The van der Waals surface area contributed by atoms with Gasteiger partial charge in [-0.25, -0.2) is 0 Å². The van der Waals surface area contributed by atoms with Gasteiger partial charge in [-0.05, 0) is 35.4 Å². The number of carbonyl (C=O) groups is 2. The molecule has 1 saturated heterocycles. The van der Waals surface area contributed by atoms with Crippen LogP contribution in [0.25, 0.3) is 11.6 Å². The van der Waals surface area contributed by atoms with Crippen LogP contribution in [0.4, 0.5) is 0 Å². The lowest BCUT2D eigenvalue weighted by Gasteiger charge is -2.34. The second-order valence-electron chi connectivity index (χ2n) is 8.56. The fraction of sp³-hybridized carbons (Fsp3) is 0.214. The molecule has 166 valence electrons. The molecule has 2 aliphatic rings. The Morgan fingerprint density at radius 3 is 2.48 bits per heavy atom. The summed E-state index contributed by atoms with van der Waals surface area (Å²) in [6, 6.07) is 24.8. The lowest BCUT2D eigenvalue weighted by atomic mass is 9.89. The van der Waals surface area contributed by atoms with E-state index < -0.39 is 5.60 Å². The van der Waals surface area contributed by atoms with Crippen molar-refractivity contribution in [1.29, 1.82) is 0 Å². The van der Waals surface area contributed by atoms with Crippen molar-refractivity contribution in [3.63, 3.8) is 0 Å². The average Bonchev–Trinajstić information content (AvgIpc) is 3.26. The van der Waals surface area contributed by atoms with Crippen LogP contribution in [0.2, 0.25) is 0 Å². The van der Waals surface area contributed by atoms with Crippen molar-refractivity contribution in [1.82, 2.24) is 4.90 Å². The summed E-state index contributed by atoms with van der Waals surface area (Å²) in [6.45, 7) is 0.915. The zero-order valence-corrected chi connectivity index (χ0v) is 18.5. The molecule has 5 heteroatoms. The predicted molar refractivity (Wildman–Crippen MR) is 127 cm³/mol. The minimum Gasteiger partial charge on any atom is -0.497 e. The van der Waals surface area contributed by atoms with Crippen molar-refractivity contribution >= 4 is 23.3 Å². The predicted octanol–water partition coefficient (Wildman–Crippen LogP) is 4.87. The standard InChI is InChI=1S/C28H25NO4/c1-32-22-12-13-26-24(17-22)25(30)18-28(33-26)14-15-29(19-28)27(31)23(21-10-6-3-7-11-21)16-20-8-4-2-5-9-20/h2-13,16-17H,14-15,18-19H2,1H3/b23-16-. The number of rotatable bonds is 4. The fourth-order valence-electron chi connectivity index (χ4n) is 4.62. The van der Waals surface area contributed by atoms with E-state index in [0.29, 0.717) is 42.1 Å². The molecule has 1 fully saturated rings. The van der Waals surface area contributed by atoms with E-state index in [1.807, 2.05) is 71.6 Å². The molecule has 0 saturated carbocycles. The van der Waals surface area contributed by atoms with E-state index in [2.05, 4.69) is 0 Å². The Kier molecular flexibility index (Phi) is 5.47. The Morgan fingerprint density at radius 1 is 1.03 bits per heavy atom. The first-order valence-corrected chi connectivity index (χ1v) is 11.1. The molecule has 3 aromatic rings. The van der Waals surface area contributed by atoms with Crippen molar-refractivity contribution in [3.8, 4) is 11.5 Å². The number of ketones is 1. The monoisotopic (exact) mass is 439 g/mol. The molecule has 1 spiro atoms. The maximum atomic E-state index is 13.7. The second-order valence-corrected chi connectivity index (χ2v) is 8.56. The number of hydrogen-bond donors (Lipinski definition) is 0. The molecular formula is C28H25NO4. The molecule has 1 amide bonds. The smallest absolute Gasteiger partial charge is 0.254 e. The number of hydrogen-bond acceptors (Lipinski definition) is 4. The van der Waals surface area contributed by atoms with E-state index in [1.54, 1.807) is 25.3 Å². The highest BCUT2D eigenvalue weighted by atomic mass is 16.5. The molecule has 1 atom stereocenters. The van der Waals surface area contributed by atoms with Crippen LogP contribution in [-0.2, 0) is 4.79 Å². The van der Waals surface area contributed by atoms with Gasteiger partial charge in [-0.2, -0.15) is 0 Å². The van der Waals surface area contributed by atoms with Gasteiger partial charge in [-0.3, -0.25) is 9.59 Å². The lowest BCUT2D eigenvalue weighted by molar-refractivity contribution is -0.124. The van der Waals surface area contributed by atoms with Gasteiger partial charge < -0.3 is 14.4 Å². The third-order valence-corrected chi connectivity index (χ3v) is 6.33. The highest BCUT2D eigenvalue weighted by Crippen LogP contribution is 2.40. The summed E-state index contributed by atoms with van der Waals surface area (Å²) < 4.78 is 11.6. The summed E-state index contributed by atoms with van der Waals surface area (Å²) in [5, 5.41) is 0. The average molecular weight is 440 g/mol. The molecule has 5 rings (SSSR count).